The van der Waals surface area contributed by atoms with Crippen molar-refractivity contribution in [2.24, 2.45) is 0 Å². The van der Waals surface area contributed by atoms with Crippen molar-refractivity contribution in [3.63, 3.8) is 0 Å². The normalized spacial score (nSPS) is 11.1. The Balaban J connectivity index is 1.34. The van der Waals surface area contributed by atoms with Crippen LogP contribution in [0.25, 0.3) is 22.2 Å². The van der Waals surface area contributed by atoms with E-state index in [4.69, 9.17) is 11.6 Å². The predicted molar refractivity (Wildman–Crippen MR) is 113 cm³/mol. The topological polar surface area (TPSA) is 64.8 Å². The Morgan fingerprint density at radius 1 is 1.17 bits per heavy atom. The molecule has 0 saturated carbocycles. The van der Waals surface area contributed by atoms with Crippen LogP contribution in [0.15, 0.2) is 54.6 Å². The maximum atomic E-state index is 13.4. The van der Waals surface area contributed by atoms with Crippen molar-refractivity contribution in [1.29, 1.82) is 0 Å². The SMILES string of the molecule is CN(CCCc1cc(-c2cccc(F)c2)n[nH]1)C(=O)c1cc2cc(Cl)ccc2[nH]1. The van der Waals surface area contributed by atoms with Gasteiger partial charge in [-0.2, -0.15) is 5.10 Å². The number of benzene rings is 2. The van der Waals surface area contributed by atoms with Crippen molar-refractivity contribution in [3.8, 4) is 11.3 Å². The molecule has 0 saturated heterocycles. The number of aryl methyl sites for hydroxylation is 1. The number of hydrogen-bond acceptors (Lipinski definition) is 2. The number of carbonyl (C=O) groups excluding carboxylic acids is 1. The molecular weight excluding hydrogens is 391 g/mol. The van der Waals surface area contributed by atoms with Crippen LogP contribution in [0.4, 0.5) is 4.39 Å². The van der Waals surface area contributed by atoms with Gasteiger partial charge in [0.2, 0.25) is 0 Å². The van der Waals surface area contributed by atoms with Gasteiger partial charge in [-0.05, 0) is 55.3 Å². The predicted octanol–water partition coefficient (Wildman–Crippen LogP) is 5.06. The molecule has 2 aromatic heterocycles. The monoisotopic (exact) mass is 410 g/mol. The zero-order valence-corrected chi connectivity index (χ0v) is 16.6. The molecule has 0 fully saturated rings. The van der Waals surface area contributed by atoms with Gasteiger partial charge in [-0.15, -0.1) is 0 Å². The van der Waals surface area contributed by atoms with E-state index >= 15 is 0 Å². The van der Waals surface area contributed by atoms with Crippen molar-refractivity contribution in [2.45, 2.75) is 12.8 Å². The fourth-order valence-electron chi connectivity index (χ4n) is 3.32. The molecule has 4 aromatic rings. The number of nitrogens with zero attached hydrogens (tertiary/aromatic N) is 2. The molecule has 0 bridgehead atoms. The first kappa shape index (κ1) is 19.2. The summed E-state index contributed by atoms with van der Waals surface area (Å²) in [6.07, 6.45) is 1.52. The van der Waals surface area contributed by atoms with Crippen molar-refractivity contribution < 1.29 is 9.18 Å². The van der Waals surface area contributed by atoms with E-state index in [-0.39, 0.29) is 11.7 Å². The Hall–Kier alpha value is -3.12. The summed E-state index contributed by atoms with van der Waals surface area (Å²) in [6, 6.07) is 15.6. The smallest absolute Gasteiger partial charge is 0.270 e. The average Bonchev–Trinajstić information content (AvgIpc) is 3.34. The first-order valence-corrected chi connectivity index (χ1v) is 9.71. The van der Waals surface area contributed by atoms with Gasteiger partial charge in [0.05, 0.1) is 5.69 Å². The lowest BCUT2D eigenvalue weighted by atomic mass is 10.1. The number of fused-ring (bicyclic) bond motifs is 1. The minimum atomic E-state index is -0.286. The summed E-state index contributed by atoms with van der Waals surface area (Å²) < 4.78 is 13.4. The molecule has 0 aliphatic carbocycles. The number of hydrogen-bond donors (Lipinski definition) is 2. The summed E-state index contributed by atoms with van der Waals surface area (Å²) in [5.41, 5.74) is 3.82. The number of amides is 1. The molecule has 5 nitrogen and oxygen atoms in total. The molecule has 0 aliphatic rings. The quantitative estimate of drug-likeness (QED) is 0.467. The highest BCUT2D eigenvalue weighted by molar-refractivity contribution is 6.31. The van der Waals surface area contributed by atoms with Gasteiger partial charge in [-0.3, -0.25) is 9.89 Å². The van der Waals surface area contributed by atoms with Gasteiger partial charge in [-0.25, -0.2) is 4.39 Å². The molecule has 0 radical (unpaired) electrons. The van der Waals surface area contributed by atoms with E-state index in [0.717, 1.165) is 35.0 Å². The van der Waals surface area contributed by atoms with E-state index in [9.17, 15) is 9.18 Å². The first-order chi connectivity index (χ1) is 14.0. The molecular formula is C22H20ClFN4O. The van der Waals surface area contributed by atoms with E-state index in [2.05, 4.69) is 15.2 Å². The van der Waals surface area contributed by atoms with Gasteiger partial charge in [0.15, 0.2) is 0 Å². The lowest BCUT2D eigenvalue weighted by molar-refractivity contribution is 0.0788. The van der Waals surface area contributed by atoms with Crippen molar-refractivity contribution in [3.05, 3.63) is 76.8 Å². The van der Waals surface area contributed by atoms with Gasteiger partial charge in [0, 0.05) is 40.8 Å². The minimum Gasteiger partial charge on any atom is -0.351 e. The van der Waals surface area contributed by atoms with Crippen LogP contribution in [-0.4, -0.2) is 39.6 Å². The molecule has 7 heteroatoms. The van der Waals surface area contributed by atoms with Crippen LogP contribution in [0, 0.1) is 5.82 Å². The molecule has 2 heterocycles. The van der Waals surface area contributed by atoms with E-state index in [0.29, 0.717) is 23.0 Å². The number of carbonyl (C=O) groups is 1. The maximum Gasteiger partial charge on any atom is 0.270 e. The highest BCUT2D eigenvalue weighted by Gasteiger charge is 2.14. The molecule has 1 amide bonds. The van der Waals surface area contributed by atoms with Crippen LogP contribution in [0.3, 0.4) is 0 Å². The van der Waals surface area contributed by atoms with E-state index < -0.39 is 0 Å². The minimum absolute atomic E-state index is 0.0672. The molecule has 0 atom stereocenters. The molecule has 0 aliphatic heterocycles. The van der Waals surface area contributed by atoms with Gasteiger partial charge >= 0.3 is 0 Å². The first-order valence-electron chi connectivity index (χ1n) is 9.33. The van der Waals surface area contributed by atoms with Crippen molar-refractivity contribution >= 4 is 28.4 Å². The summed E-state index contributed by atoms with van der Waals surface area (Å²) in [5.74, 6) is -0.353. The molecule has 29 heavy (non-hydrogen) atoms. The van der Waals surface area contributed by atoms with Crippen molar-refractivity contribution in [1.82, 2.24) is 20.1 Å². The van der Waals surface area contributed by atoms with E-state index in [1.807, 2.05) is 30.3 Å². The van der Waals surface area contributed by atoms with Crippen LogP contribution >= 0.6 is 11.6 Å². The van der Waals surface area contributed by atoms with Crippen LogP contribution in [0.5, 0.6) is 0 Å². The molecule has 0 unspecified atom stereocenters. The lowest BCUT2D eigenvalue weighted by Gasteiger charge is -2.15. The zero-order chi connectivity index (χ0) is 20.4. The summed E-state index contributed by atoms with van der Waals surface area (Å²) in [5, 5.41) is 8.79. The number of rotatable bonds is 6. The van der Waals surface area contributed by atoms with Crippen molar-refractivity contribution in [2.75, 3.05) is 13.6 Å². The zero-order valence-electron chi connectivity index (χ0n) is 15.9. The summed E-state index contributed by atoms with van der Waals surface area (Å²) in [4.78, 5) is 17.5. The molecule has 148 valence electrons. The molecule has 2 N–H and O–H groups in total. The van der Waals surface area contributed by atoms with Crippen LogP contribution in [0.1, 0.15) is 22.6 Å². The second kappa shape index (κ2) is 8.09. The standard InChI is InChI=1S/C22H20ClFN4O/c1-28(22(29)21-12-15-10-16(23)7-8-19(15)25-21)9-3-6-18-13-20(27-26-18)14-4-2-5-17(24)11-14/h2,4-5,7-8,10-13,25H,3,6,9H2,1H3,(H,26,27). The van der Waals surface area contributed by atoms with Crippen LogP contribution < -0.4 is 0 Å². The van der Waals surface area contributed by atoms with E-state index in [1.165, 1.54) is 12.1 Å². The molecule has 2 aromatic carbocycles. The Kier molecular flexibility index (Phi) is 5.36. The molecule has 0 spiro atoms. The Morgan fingerprint density at radius 3 is 2.86 bits per heavy atom. The second-order valence-electron chi connectivity index (χ2n) is 7.03. The third kappa shape index (κ3) is 4.32. The summed E-state index contributed by atoms with van der Waals surface area (Å²) in [7, 11) is 1.78. The highest BCUT2D eigenvalue weighted by Crippen LogP contribution is 2.21. The van der Waals surface area contributed by atoms with Gasteiger partial charge < -0.3 is 9.88 Å². The fraction of sp³-hybridized carbons (Fsp3) is 0.182. The highest BCUT2D eigenvalue weighted by atomic mass is 35.5. The van der Waals surface area contributed by atoms with Crippen LogP contribution in [0.2, 0.25) is 5.02 Å². The Morgan fingerprint density at radius 2 is 2.03 bits per heavy atom. The summed E-state index contributed by atoms with van der Waals surface area (Å²) >= 11 is 6.01. The number of nitrogens with one attached hydrogen (secondary N) is 2. The second-order valence-corrected chi connectivity index (χ2v) is 7.47. The van der Waals surface area contributed by atoms with E-state index in [1.54, 1.807) is 24.1 Å². The number of aromatic nitrogens is 3. The Bertz CT molecular complexity index is 1170. The van der Waals surface area contributed by atoms with Gasteiger partial charge in [-0.1, -0.05) is 23.7 Å². The lowest BCUT2D eigenvalue weighted by Crippen LogP contribution is -2.28. The third-order valence-corrected chi connectivity index (χ3v) is 5.09. The number of aromatic amines is 2. The summed E-state index contributed by atoms with van der Waals surface area (Å²) in [6.45, 7) is 0.600. The molecule has 4 rings (SSSR count). The number of H-pyrrole nitrogens is 2. The van der Waals surface area contributed by atoms with Crippen LogP contribution in [-0.2, 0) is 6.42 Å². The Labute approximate surface area is 172 Å². The fourth-order valence-corrected chi connectivity index (χ4v) is 3.50. The maximum absolute atomic E-state index is 13.4. The van der Waals surface area contributed by atoms with Gasteiger partial charge in [0.1, 0.15) is 11.5 Å². The third-order valence-electron chi connectivity index (χ3n) is 4.85. The number of halogens is 2. The van der Waals surface area contributed by atoms with Gasteiger partial charge in [0.25, 0.3) is 5.91 Å². The average molecular weight is 411 g/mol. The largest absolute Gasteiger partial charge is 0.351 e.